The Kier molecular flexibility index (Phi) is 8.74. The highest BCUT2D eigenvalue weighted by molar-refractivity contribution is 5.52. The Morgan fingerprint density at radius 3 is 0.864 bits per heavy atom. The molecule has 0 amide bonds. The summed E-state index contributed by atoms with van der Waals surface area (Å²) in [4.78, 5) is 0. The van der Waals surface area contributed by atoms with Crippen molar-refractivity contribution in [3.05, 3.63) is 33.4 Å². The average Bonchev–Trinajstić information content (AvgIpc) is 2.52. The highest BCUT2D eigenvalue weighted by atomic mass is 16.3. The molecule has 0 spiro atoms. The molecular formula is C20H34O2. The predicted octanol–water partition coefficient (Wildman–Crippen LogP) is 4.48. The lowest BCUT2D eigenvalue weighted by Crippen LogP contribution is -2.14. The van der Waals surface area contributed by atoms with Gasteiger partial charge in [-0.1, -0.05) is 53.4 Å². The first-order valence-electron chi connectivity index (χ1n) is 9.08. The fourth-order valence-corrected chi connectivity index (χ4v) is 3.68. The molecule has 0 aliphatic carbocycles. The van der Waals surface area contributed by atoms with E-state index in [9.17, 15) is 10.2 Å². The van der Waals surface area contributed by atoms with Gasteiger partial charge in [-0.25, -0.2) is 0 Å². The standard InChI is InChI=1S/C20H34O2/c1-5-9-15-16(10-6-2)18(12-8-4)20(14-22)19(13-21)17(15)11-7-3/h21-22H,5-14H2,1-4H3. The minimum Gasteiger partial charge on any atom is -0.392 e. The Morgan fingerprint density at radius 2 is 0.682 bits per heavy atom. The maximum Gasteiger partial charge on any atom is 0.0688 e. The van der Waals surface area contributed by atoms with Crippen molar-refractivity contribution in [3.63, 3.8) is 0 Å². The van der Waals surface area contributed by atoms with Crippen LogP contribution in [0.5, 0.6) is 0 Å². The van der Waals surface area contributed by atoms with Crippen LogP contribution in [0, 0.1) is 0 Å². The first-order valence-corrected chi connectivity index (χ1v) is 9.08. The molecule has 0 saturated carbocycles. The van der Waals surface area contributed by atoms with Crippen molar-refractivity contribution in [1.29, 1.82) is 0 Å². The van der Waals surface area contributed by atoms with E-state index in [2.05, 4.69) is 27.7 Å². The molecule has 126 valence electrons. The second-order valence-corrected chi connectivity index (χ2v) is 6.19. The maximum absolute atomic E-state index is 9.95. The molecule has 0 bridgehead atoms. The quantitative estimate of drug-likeness (QED) is 0.669. The van der Waals surface area contributed by atoms with Gasteiger partial charge in [0, 0.05) is 0 Å². The van der Waals surface area contributed by atoms with Crippen LogP contribution in [-0.4, -0.2) is 10.2 Å². The van der Waals surface area contributed by atoms with Gasteiger partial charge < -0.3 is 10.2 Å². The van der Waals surface area contributed by atoms with E-state index in [0.29, 0.717) is 0 Å². The van der Waals surface area contributed by atoms with Gasteiger partial charge in [0.2, 0.25) is 0 Å². The number of hydrogen-bond acceptors (Lipinski definition) is 2. The van der Waals surface area contributed by atoms with Gasteiger partial charge in [0.05, 0.1) is 13.2 Å². The molecule has 2 N–H and O–H groups in total. The minimum atomic E-state index is 0.0467. The normalized spacial score (nSPS) is 11.2. The second kappa shape index (κ2) is 10.0. The molecule has 0 aliphatic rings. The van der Waals surface area contributed by atoms with E-state index in [1.807, 2.05) is 0 Å². The van der Waals surface area contributed by atoms with Crippen molar-refractivity contribution in [2.24, 2.45) is 0 Å². The minimum absolute atomic E-state index is 0.0467. The molecule has 1 aromatic carbocycles. The summed E-state index contributed by atoms with van der Waals surface area (Å²) in [5, 5.41) is 19.9. The highest BCUT2D eigenvalue weighted by Crippen LogP contribution is 2.33. The third-order valence-electron chi connectivity index (χ3n) is 4.50. The largest absolute Gasteiger partial charge is 0.392 e. The van der Waals surface area contributed by atoms with Gasteiger partial charge in [-0.2, -0.15) is 0 Å². The topological polar surface area (TPSA) is 40.5 Å². The van der Waals surface area contributed by atoms with Crippen LogP contribution >= 0.6 is 0 Å². The summed E-state index contributed by atoms with van der Waals surface area (Å²) in [5.41, 5.74) is 7.59. The summed E-state index contributed by atoms with van der Waals surface area (Å²) in [5.74, 6) is 0. The van der Waals surface area contributed by atoms with Crippen molar-refractivity contribution in [1.82, 2.24) is 0 Å². The molecule has 0 aromatic heterocycles. The van der Waals surface area contributed by atoms with Crippen LogP contribution in [0.1, 0.15) is 86.8 Å². The molecule has 0 atom stereocenters. The number of hydrogen-bond donors (Lipinski definition) is 2. The molecule has 2 heteroatoms. The lowest BCUT2D eigenvalue weighted by Gasteiger charge is -2.25. The number of benzene rings is 1. The summed E-state index contributed by atoms with van der Waals surface area (Å²) >= 11 is 0. The zero-order valence-corrected chi connectivity index (χ0v) is 15.0. The van der Waals surface area contributed by atoms with Crippen LogP contribution in [0.25, 0.3) is 0 Å². The van der Waals surface area contributed by atoms with Gasteiger partial charge in [-0.3, -0.25) is 0 Å². The van der Waals surface area contributed by atoms with Crippen molar-refractivity contribution in [2.75, 3.05) is 0 Å². The van der Waals surface area contributed by atoms with Gasteiger partial charge in [0.1, 0.15) is 0 Å². The van der Waals surface area contributed by atoms with Gasteiger partial charge in [-0.15, -0.1) is 0 Å². The fraction of sp³-hybridized carbons (Fsp3) is 0.700. The van der Waals surface area contributed by atoms with Crippen LogP contribution in [0.2, 0.25) is 0 Å². The molecule has 1 rings (SSSR count). The molecule has 0 radical (unpaired) electrons. The van der Waals surface area contributed by atoms with E-state index in [-0.39, 0.29) is 13.2 Å². The van der Waals surface area contributed by atoms with Gasteiger partial charge >= 0.3 is 0 Å². The van der Waals surface area contributed by atoms with Crippen molar-refractivity contribution in [3.8, 4) is 0 Å². The third kappa shape index (κ3) is 4.11. The van der Waals surface area contributed by atoms with E-state index in [4.69, 9.17) is 0 Å². The molecular weight excluding hydrogens is 272 g/mol. The number of aliphatic hydroxyl groups is 2. The number of rotatable bonds is 10. The van der Waals surface area contributed by atoms with Crippen molar-refractivity contribution in [2.45, 2.75) is 92.3 Å². The maximum atomic E-state index is 9.95. The van der Waals surface area contributed by atoms with Gasteiger partial charge in [-0.05, 0) is 59.1 Å². The summed E-state index contributed by atoms with van der Waals surface area (Å²) in [6.07, 6.45) is 8.58. The summed E-state index contributed by atoms with van der Waals surface area (Å²) < 4.78 is 0. The zero-order valence-electron chi connectivity index (χ0n) is 15.0. The zero-order chi connectivity index (χ0) is 16.5. The molecule has 1 aromatic rings. The Hall–Kier alpha value is -0.860. The lowest BCUT2D eigenvalue weighted by atomic mass is 9.81. The summed E-state index contributed by atoms with van der Waals surface area (Å²) in [7, 11) is 0. The average molecular weight is 306 g/mol. The van der Waals surface area contributed by atoms with Crippen LogP contribution in [0.4, 0.5) is 0 Å². The monoisotopic (exact) mass is 306 g/mol. The van der Waals surface area contributed by atoms with Crippen LogP contribution < -0.4 is 0 Å². The Morgan fingerprint density at radius 1 is 0.455 bits per heavy atom. The van der Waals surface area contributed by atoms with Crippen LogP contribution in [0.15, 0.2) is 0 Å². The molecule has 22 heavy (non-hydrogen) atoms. The van der Waals surface area contributed by atoms with E-state index >= 15 is 0 Å². The van der Waals surface area contributed by atoms with Gasteiger partial charge in [0.25, 0.3) is 0 Å². The fourth-order valence-electron chi connectivity index (χ4n) is 3.68. The molecule has 0 fully saturated rings. The Balaban J connectivity index is 3.69. The van der Waals surface area contributed by atoms with E-state index < -0.39 is 0 Å². The first kappa shape index (κ1) is 19.2. The van der Waals surface area contributed by atoms with Crippen LogP contribution in [0.3, 0.4) is 0 Å². The molecule has 2 nitrogen and oxygen atoms in total. The number of aliphatic hydroxyl groups excluding tert-OH is 2. The predicted molar refractivity (Wildman–Crippen MR) is 94.3 cm³/mol. The first-order chi connectivity index (χ1) is 10.7. The van der Waals surface area contributed by atoms with Gasteiger partial charge in [0.15, 0.2) is 0 Å². The van der Waals surface area contributed by atoms with E-state index in [1.54, 1.807) is 0 Å². The van der Waals surface area contributed by atoms with Crippen LogP contribution in [-0.2, 0) is 38.9 Å². The lowest BCUT2D eigenvalue weighted by molar-refractivity contribution is 0.257. The van der Waals surface area contributed by atoms with E-state index in [1.165, 1.54) is 22.3 Å². The molecule has 0 unspecified atom stereocenters. The highest BCUT2D eigenvalue weighted by Gasteiger charge is 2.21. The molecule has 0 aliphatic heterocycles. The molecule has 0 saturated heterocycles. The van der Waals surface area contributed by atoms with Crippen molar-refractivity contribution < 1.29 is 10.2 Å². The SMILES string of the molecule is CCCc1c(CO)c(CO)c(CCC)c(CCC)c1CCC. The summed E-state index contributed by atoms with van der Waals surface area (Å²) in [6.45, 7) is 8.92. The third-order valence-corrected chi connectivity index (χ3v) is 4.50. The Labute approximate surface area is 136 Å². The summed E-state index contributed by atoms with van der Waals surface area (Å²) in [6, 6.07) is 0. The van der Waals surface area contributed by atoms with Crippen molar-refractivity contribution >= 4 is 0 Å². The smallest absolute Gasteiger partial charge is 0.0688 e. The second-order valence-electron chi connectivity index (χ2n) is 6.19. The Bertz CT molecular complexity index is 421. The van der Waals surface area contributed by atoms with E-state index in [0.717, 1.165) is 62.5 Å². The molecule has 0 heterocycles.